The first-order valence-corrected chi connectivity index (χ1v) is 7.20. The van der Waals surface area contributed by atoms with Crippen LogP contribution in [0, 0.1) is 0 Å². The number of nitrogens with one attached hydrogen (secondary N) is 1. The average molecular weight is 369 g/mol. The van der Waals surface area contributed by atoms with Gasteiger partial charge in [0, 0.05) is 20.6 Å². The third-order valence-electron chi connectivity index (χ3n) is 2.85. The fourth-order valence-electron chi connectivity index (χ4n) is 1.80. The Morgan fingerprint density at radius 1 is 1.10 bits per heavy atom. The number of carbonyl (C=O) groups excluding carboxylic acids is 1. The smallest absolute Gasteiger partial charge is 0.330 e. The van der Waals surface area contributed by atoms with Crippen LogP contribution in [0.4, 0.5) is 0 Å². The Labute approximate surface area is 134 Å². The third-order valence-corrected chi connectivity index (χ3v) is 3.72. The van der Waals surface area contributed by atoms with E-state index in [-0.39, 0.29) is 0 Å². The molecule has 1 atom stereocenters. The maximum atomic E-state index is 12.1. The van der Waals surface area contributed by atoms with Crippen LogP contribution in [0.25, 0.3) is 0 Å². The van der Waals surface area contributed by atoms with E-state index in [2.05, 4.69) is 21.2 Å². The lowest BCUT2D eigenvalue weighted by Crippen LogP contribution is -2.33. The molecule has 2 aromatic carbocycles. The minimum atomic E-state index is -1.20. The molecule has 0 saturated carbocycles. The Bertz CT molecular complexity index is 673. The van der Waals surface area contributed by atoms with E-state index >= 15 is 0 Å². The molecule has 2 N–H and O–H groups in total. The highest BCUT2D eigenvalue weighted by atomic mass is 79.9. The highest BCUT2D eigenvalue weighted by molar-refractivity contribution is 9.10. The van der Waals surface area contributed by atoms with E-state index in [1.807, 2.05) is 0 Å². The van der Waals surface area contributed by atoms with Gasteiger partial charge in [-0.1, -0.05) is 45.7 Å². The van der Waals surface area contributed by atoms with Gasteiger partial charge < -0.3 is 10.4 Å². The molecule has 0 bridgehead atoms. The summed E-state index contributed by atoms with van der Waals surface area (Å²) in [6, 6.07) is 11.9. The number of halogens is 2. The van der Waals surface area contributed by atoms with Crippen LogP contribution >= 0.6 is 27.5 Å². The average Bonchev–Trinajstić information content (AvgIpc) is 2.46. The Morgan fingerprint density at radius 2 is 1.71 bits per heavy atom. The number of rotatable bonds is 4. The standard InChI is InChI=1S/C15H11BrClNO3/c16-10-7-5-9(6-8-10)14(19)18-13(15(20)21)11-3-1-2-4-12(11)17/h1-8,13H,(H,18,19)(H,20,21)/t13-/m1/s1. The molecule has 108 valence electrons. The number of carboxylic acid groups (broad SMARTS) is 1. The number of carbonyl (C=O) groups is 2. The number of hydrogen-bond donors (Lipinski definition) is 2. The van der Waals surface area contributed by atoms with Crippen LogP contribution in [0.15, 0.2) is 53.0 Å². The van der Waals surface area contributed by atoms with E-state index < -0.39 is 17.9 Å². The highest BCUT2D eigenvalue weighted by Crippen LogP contribution is 2.23. The van der Waals surface area contributed by atoms with Gasteiger partial charge in [-0.2, -0.15) is 0 Å². The monoisotopic (exact) mass is 367 g/mol. The normalized spacial score (nSPS) is 11.7. The van der Waals surface area contributed by atoms with Crippen LogP contribution in [-0.2, 0) is 4.79 Å². The minimum absolute atomic E-state index is 0.293. The summed E-state index contributed by atoms with van der Waals surface area (Å²) >= 11 is 9.26. The molecule has 0 aromatic heterocycles. The molecule has 0 spiro atoms. The Balaban J connectivity index is 2.25. The van der Waals surface area contributed by atoms with Gasteiger partial charge in [0.05, 0.1) is 0 Å². The van der Waals surface area contributed by atoms with E-state index in [0.29, 0.717) is 16.1 Å². The van der Waals surface area contributed by atoms with Crippen molar-refractivity contribution in [3.8, 4) is 0 Å². The van der Waals surface area contributed by atoms with Crippen molar-refractivity contribution in [1.82, 2.24) is 5.32 Å². The predicted molar refractivity (Wildman–Crippen MR) is 83.4 cm³/mol. The fraction of sp³-hybridized carbons (Fsp3) is 0.0667. The van der Waals surface area contributed by atoms with Gasteiger partial charge in [-0.15, -0.1) is 0 Å². The molecule has 2 rings (SSSR count). The lowest BCUT2D eigenvalue weighted by atomic mass is 10.1. The number of benzene rings is 2. The molecule has 0 heterocycles. The largest absolute Gasteiger partial charge is 0.479 e. The van der Waals surface area contributed by atoms with Crippen molar-refractivity contribution in [2.45, 2.75) is 6.04 Å². The molecule has 0 saturated heterocycles. The maximum absolute atomic E-state index is 12.1. The Kier molecular flexibility index (Phi) is 4.98. The van der Waals surface area contributed by atoms with Crippen LogP contribution < -0.4 is 5.32 Å². The summed E-state index contributed by atoms with van der Waals surface area (Å²) in [4.78, 5) is 23.5. The van der Waals surface area contributed by atoms with E-state index in [4.69, 9.17) is 11.6 Å². The van der Waals surface area contributed by atoms with Crippen molar-refractivity contribution in [3.05, 3.63) is 69.2 Å². The quantitative estimate of drug-likeness (QED) is 0.865. The van der Waals surface area contributed by atoms with Crippen LogP contribution in [0.3, 0.4) is 0 Å². The van der Waals surface area contributed by atoms with Gasteiger partial charge in [0.25, 0.3) is 5.91 Å². The number of hydrogen-bond acceptors (Lipinski definition) is 2. The number of amides is 1. The molecule has 0 aliphatic heterocycles. The van der Waals surface area contributed by atoms with Crippen molar-refractivity contribution >= 4 is 39.4 Å². The van der Waals surface area contributed by atoms with Crippen LogP contribution in [-0.4, -0.2) is 17.0 Å². The summed E-state index contributed by atoms with van der Waals surface area (Å²) in [5.74, 6) is -1.65. The molecule has 0 aliphatic carbocycles. The molecule has 2 aromatic rings. The third kappa shape index (κ3) is 3.83. The van der Waals surface area contributed by atoms with Crippen LogP contribution in [0.1, 0.15) is 22.0 Å². The highest BCUT2D eigenvalue weighted by Gasteiger charge is 2.24. The van der Waals surface area contributed by atoms with Gasteiger partial charge in [-0.05, 0) is 30.3 Å². The topological polar surface area (TPSA) is 66.4 Å². The molecule has 0 aliphatic rings. The Hall–Kier alpha value is -1.85. The number of carboxylic acids is 1. The summed E-state index contributed by atoms with van der Waals surface area (Å²) in [6.45, 7) is 0. The lowest BCUT2D eigenvalue weighted by molar-refractivity contribution is -0.139. The first-order chi connectivity index (χ1) is 9.99. The second-order valence-corrected chi connectivity index (χ2v) is 5.60. The first-order valence-electron chi connectivity index (χ1n) is 6.02. The molecule has 6 heteroatoms. The fourth-order valence-corrected chi connectivity index (χ4v) is 2.31. The van der Waals surface area contributed by atoms with Crippen molar-refractivity contribution in [2.24, 2.45) is 0 Å². The summed E-state index contributed by atoms with van der Waals surface area (Å²) in [6.07, 6.45) is 0. The molecular weight excluding hydrogens is 358 g/mol. The second kappa shape index (κ2) is 6.74. The van der Waals surface area contributed by atoms with Crippen LogP contribution in [0.2, 0.25) is 5.02 Å². The lowest BCUT2D eigenvalue weighted by Gasteiger charge is -2.16. The molecule has 4 nitrogen and oxygen atoms in total. The molecule has 1 amide bonds. The van der Waals surface area contributed by atoms with Crippen LogP contribution in [0.5, 0.6) is 0 Å². The summed E-state index contributed by atoms with van der Waals surface area (Å²) in [5, 5.41) is 12.1. The van der Waals surface area contributed by atoms with Gasteiger partial charge >= 0.3 is 5.97 Å². The summed E-state index contributed by atoms with van der Waals surface area (Å²) in [7, 11) is 0. The van der Waals surface area contributed by atoms with Gasteiger partial charge in [0.15, 0.2) is 6.04 Å². The molecule has 0 radical (unpaired) electrons. The maximum Gasteiger partial charge on any atom is 0.330 e. The van der Waals surface area contributed by atoms with Gasteiger partial charge in [-0.3, -0.25) is 4.79 Å². The van der Waals surface area contributed by atoms with Gasteiger partial charge in [-0.25, -0.2) is 4.79 Å². The molecular formula is C15H11BrClNO3. The first kappa shape index (κ1) is 15.5. The minimum Gasteiger partial charge on any atom is -0.479 e. The van der Waals surface area contributed by atoms with Crippen molar-refractivity contribution in [2.75, 3.05) is 0 Å². The predicted octanol–water partition coefficient (Wildman–Crippen LogP) is 3.66. The van der Waals surface area contributed by atoms with Crippen molar-refractivity contribution in [1.29, 1.82) is 0 Å². The molecule has 0 unspecified atom stereocenters. The van der Waals surface area contributed by atoms with E-state index in [0.717, 1.165) is 4.47 Å². The van der Waals surface area contributed by atoms with Crippen molar-refractivity contribution in [3.63, 3.8) is 0 Å². The molecule has 21 heavy (non-hydrogen) atoms. The van der Waals surface area contributed by atoms with Crippen molar-refractivity contribution < 1.29 is 14.7 Å². The number of aliphatic carboxylic acids is 1. The molecule has 0 fully saturated rings. The SMILES string of the molecule is O=C(N[C@@H](C(=O)O)c1ccccc1Cl)c1ccc(Br)cc1. The zero-order valence-electron chi connectivity index (χ0n) is 10.7. The zero-order valence-corrected chi connectivity index (χ0v) is 13.1. The summed E-state index contributed by atoms with van der Waals surface area (Å²) in [5.41, 5.74) is 0.716. The van der Waals surface area contributed by atoms with Gasteiger partial charge in [0.1, 0.15) is 0 Å². The van der Waals surface area contributed by atoms with E-state index in [9.17, 15) is 14.7 Å². The zero-order chi connectivity index (χ0) is 15.4. The van der Waals surface area contributed by atoms with E-state index in [1.165, 1.54) is 0 Å². The van der Waals surface area contributed by atoms with E-state index in [1.54, 1.807) is 48.5 Å². The van der Waals surface area contributed by atoms with Gasteiger partial charge in [0.2, 0.25) is 0 Å². The summed E-state index contributed by atoms with van der Waals surface area (Å²) < 4.78 is 0.833. The Morgan fingerprint density at radius 3 is 2.29 bits per heavy atom. The second-order valence-electron chi connectivity index (χ2n) is 4.27.